The highest BCUT2D eigenvalue weighted by Crippen LogP contribution is 2.52. The molecule has 0 saturated heterocycles. The Hall–Kier alpha value is -0.800. The lowest BCUT2D eigenvalue weighted by atomic mass is 9.94. The molecule has 0 heterocycles. The summed E-state index contributed by atoms with van der Waals surface area (Å²) in [4.78, 5) is 0. The van der Waals surface area contributed by atoms with Gasteiger partial charge in [-0.15, -0.1) is 0 Å². The lowest BCUT2D eigenvalue weighted by molar-refractivity contribution is 0.445. The van der Waals surface area contributed by atoms with E-state index in [0.29, 0.717) is 6.54 Å². The molecule has 1 aromatic rings. The SMILES string of the molecule is NCC1(c2c(O)ccc(Cl)c2F)CC1. The average molecular weight is 216 g/mol. The Kier molecular flexibility index (Phi) is 2.16. The van der Waals surface area contributed by atoms with Crippen molar-refractivity contribution in [3.05, 3.63) is 28.5 Å². The minimum atomic E-state index is -0.533. The maximum atomic E-state index is 13.6. The van der Waals surface area contributed by atoms with Crippen LogP contribution in [-0.4, -0.2) is 11.7 Å². The number of nitrogens with two attached hydrogens (primary N) is 1. The van der Waals surface area contributed by atoms with E-state index in [1.54, 1.807) is 0 Å². The van der Waals surface area contributed by atoms with Crippen LogP contribution < -0.4 is 5.73 Å². The van der Waals surface area contributed by atoms with Crippen molar-refractivity contribution in [1.82, 2.24) is 0 Å². The zero-order chi connectivity index (χ0) is 10.3. The number of hydrogen-bond acceptors (Lipinski definition) is 2. The molecule has 1 aliphatic rings. The molecule has 1 aromatic carbocycles. The van der Waals surface area contributed by atoms with Crippen LogP contribution >= 0.6 is 11.6 Å². The van der Waals surface area contributed by atoms with Gasteiger partial charge in [0.25, 0.3) is 0 Å². The molecule has 0 spiro atoms. The molecule has 4 heteroatoms. The van der Waals surface area contributed by atoms with Crippen LogP contribution in [0.3, 0.4) is 0 Å². The lowest BCUT2D eigenvalue weighted by Crippen LogP contribution is -2.21. The van der Waals surface area contributed by atoms with Gasteiger partial charge in [-0.3, -0.25) is 0 Å². The first-order valence-corrected chi connectivity index (χ1v) is 4.86. The van der Waals surface area contributed by atoms with Gasteiger partial charge in [-0.05, 0) is 25.0 Å². The van der Waals surface area contributed by atoms with Crippen LogP contribution in [-0.2, 0) is 5.41 Å². The van der Waals surface area contributed by atoms with Gasteiger partial charge in [0.2, 0.25) is 0 Å². The molecule has 0 bridgehead atoms. The van der Waals surface area contributed by atoms with Gasteiger partial charge in [0.05, 0.1) is 5.02 Å². The Morgan fingerprint density at radius 1 is 1.50 bits per heavy atom. The minimum Gasteiger partial charge on any atom is -0.508 e. The van der Waals surface area contributed by atoms with Gasteiger partial charge >= 0.3 is 0 Å². The number of benzene rings is 1. The van der Waals surface area contributed by atoms with E-state index in [0.717, 1.165) is 12.8 Å². The number of aromatic hydroxyl groups is 1. The highest BCUT2D eigenvalue weighted by molar-refractivity contribution is 6.30. The Balaban J connectivity index is 2.57. The van der Waals surface area contributed by atoms with Crippen molar-refractivity contribution in [2.24, 2.45) is 5.73 Å². The number of rotatable bonds is 2. The van der Waals surface area contributed by atoms with E-state index in [1.165, 1.54) is 12.1 Å². The average Bonchev–Trinajstić information content (AvgIpc) is 2.93. The predicted molar refractivity (Wildman–Crippen MR) is 53.0 cm³/mol. The molecule has 0 unspecified atom stereocenters. The van der Waals surface area contributed by atoms with Crippen LogP contribution in [0, 0.1) is 5.82 Å². The fourth-order valence-corrected chi connectivity index (χ4v) is 1.91. The number of phenols is 1. The Bertz CT molecular complexity index is 377. The van der Waals surface area contributed by atoms with Crippen molar-refractivity contribution in [3.63, 3.8) is 0 Å². The van der Waals surface area contributed by atoms with Gasteiger partial charge in [0.15, 0.2) is 0 Å². The first-order chi connectivity index (χ1) is 6.60. The van der Waals surface area contributed by atoms with Crippen LogP contribution in [0.4, 0.5) is 4.39 Å². The third-order valence-corrected chi connectivity index (χ3v) is 3.14. The van der Waals surface area contributed by atoms with Crippen LogP contribution in [0.2, 0.25) is 5.02 Å². The van der Waals surface area contributed by atoms with Gasteiger partial charge < -0.3 is 10.8 Å². The Labute approximate surface area is 86.5 Å². The largest absolute Gasteiger partial charge is 0.508 e. The number of phenolic OH excluding ortho intramolecular Hbond substituents is 1. The fraction of sp³-hybridized carbons (Fsp3) is 0.400. The summed E-state index contributed by atoms with van der Waals surface area (Å²) < 4.78 is 13.6. The molecule has 76 valence electrons. The van der Waals surface area contributed by atoms with Crippen LogP contribution in [0.5, 0.6) is 5.75 Å². The van der Waals surface area contributed by atoms with Crippen molar-refractivity contribution >= 4 is 11.6 Å². The van der Waals surface area contributed by atoms with Crippen molar-refractivity contribution in [2.45, 2.75) is 18.3 Å². The van der Waals surface area contributed by atoms with Gasteiger partial charge in [-0.25, -0.2) is 4.39 Å². The molecule has 1 saturated carbocycles. The molecule has 3 N–H and O–H groups in total. The summed E-state index contributed by atoms with van der Waals surface area (Å²) in [7, 11) is 0. The van der Waals surface area contributed by atoms with E-state index < -0.39 is 5.82 Å². The third-order valence-electron chi connectivity index (χ3n) is 2.85. The van der Waals surface area contributed by atoms with E-state index in [9.17, 15) is 9.50 Å². The van der Waals surface area contributed by atoms with E-state index in [2.05, 4.69) is 0 Å². The maximum absolute atomic E-state index is 13.6. The normalized spacial score (nSPS) is 18.2. The maximum Gasteiger partial charge on any atom is 0.149 e. The predicted octanol–water partition coefficient (Wildman–Crippen LogP) is 2.17. The molecule has 0 atom stereocenters. The standard InChI is InChI=1S/C10H11ClFNO/c11-6-1-2-7(14)8(9(6)12)10(5-13)3-4-10/h1-2,14H,3-5,13H2. The lowest BCUT2D eigenvalue weighted by Gasteiger charge is -2.16. The van der Waals surface area contributed by atoms with Gasteiger partial charge in [-0.2, -0.15) is 0 Å². The van der Waals surface area contributed by atoms with Crippen LogP contribution in [0.25, 0.3) is 0 Å². The smallest absolute Gasteiger partial charge is 0.149 e. The zero-order valence-electron chi connectivity index (χ0n) is 7.56. The van der Waals surface area contributed by atoms with Crippen LogP contribution in [0.1, 0.15) is 18.4 Å². The molecular formula is C10H11ClFNO. The summed E-state index contributed by atoms with van der Waals surface area (Å²) in [6.07, 6.45) is 1.63. The summed E-state index contributed by atoms with van der Waals surface area (Å²) in [5.41, 5.74) is 5.48. The van der Waals surface area contributed by atoms with Crippen molar-refractivity contribution < 1.29 is 9.50 Å². The molecule has 0 aliphatic heterocycles. The zero-order valence-corrected chi connectivity index (χ0v) is 8.31. The first-order valence-electron chi connectivity index (χ1n) is 4.48. The van der Waals surface area contributed by atoms with Gasteiger partial charge in [-0.1, -0.05) is 11.6 Å². The molecule has 0 aromatic heterocycles. The van der Waals surface area contributed by atoms with Crippen molar-refractivity contribution in [1.29, 1.82) is 0 Å². The van der Waals surface area contributed by atoms with Gasteiger partial charge in [0, 0.05) is 17.5 Å². The van der Waals surface area contributed by atoms with Crippen molar-refractivity contribution in [3.8, 4) is 5.75 Å². The Morgan fingerprint density at radius 3 is 2.64 bits per heavy atom. The molecule has 0 amide bonds. The second-order valence-electron chi connectivity index (χ2n) is 3.74. The quantitative estimate of drug-likeness (QED) is 0.794. The number of hydrogen-bond donors (Lipinski definition) is 2. The summed E-state index contributed by atoms with van der Waals surface area (Å²) in [6.45, 7) is 0.345. The topological polar surface area (TPSA) is 46.2 Å². The van der Waals surface area contributed by atoms with Crippen molar-refractivity contribution in [2.75, 3.05) is 6.54 Å². The van der Waals surface area contributed by atoms with E-state index in [1.807, 2.05) is 0 Å². The second kappa shape index (κ2) is 3.11. The third kappa shape index (κ3) is 1.28. The summed E-state index contributed by atoms with van der Waals surface area (Å²) >= 11 is 5.65. The molecule has 2 nitrogen and oxygen atoms in total. The molecule has 14 heavy (non-hydrogen) atoms. The molecule has 1 aliphatic carbocycles. The second-order valence-corrected chi connectivity index (χ2v) is 4.15. The first kappa shape index (κ1) is 9.74. The Morgan fingerprint density at radius 2 is 2.14 bits per heavy atom. The van der Waals surface area contributed by atoms with Gasteiger partial charge in [0.1, 0.15) is 11.6 Å². The van der Waals surface area contributed by atoms with E-state index in [-0.39, 0.29) is 21.8 Å². The summed E-state index contributed by atoms with van der Waals surface area (Å²) in [5, 5.41) is 9.61. The summed E-state index contributed by atoms with van der Waals surface area (Å²) in [5.74, 6) is -0.579. The highest BCUT2D eigenvalue weighted by atomic mass is 35.5. The highest BCUT2D eigenvalue weighted by Gasteiger charge is 2.47. The minimum absolute atomic E-state index is 0.0394. The fourth-order valence-electron chi connectivity index (χ4n) is 1.75. The monoisotopic (exact) mass is 215 g/mol. The summed E-state index contributed by atoms with van der Waals surface area (Å²) in [6, 6.07) is 2.76. The number of halogens is 2. The van der Waals surface area contributed by atoms with Crippen LogP contribution in [0.15, 0.2) is 12.1 Å². The van der Waals surface area contributed by atoms with E-state index in [4.69, 9.17) is 17.3 Å². The molecular weight excluding hydrogens is 205 g/mol. The van der Waals surface area contributed by atoms with E-state index >= 15 is 0 Å². The molecule has 2 rings (SSSR count). The molecule has 0 radical (unpaired) electrons. The molecule has 1 fully saturated rings.